The van der Waals surface area contributed by atoms with Crippen molar-refractivity contribution in [3.05, 3.63) is 24.5 Å². The number of nitrogens with zero attached hydrogens (tertiary/aromatic N) is 4. The number of aromatic nitrogens is 4. The molecule has 3 aromatic rings. The van der Waals surface area contributed by atoms with E-state index >= 15 is 0 Å². The van der Waals surface area contributed by atoms with Crippen molar-refractivity contribution in [2.45, 2.75) is 24.2 Å². The molecule has 0 spiro atoms. The van der Waals surface area contributed by atoms with Gasteiger partial charge in [-0.3, -0.25) is 4.57 Å². The van der Waals surface area contributed by atoms with E-state index in [0.717, 1.165) is 19.4 Å². The summed E-state index contributed by atoms with van der Waals surface area (Å²) < 4.78 is 7.66. The van der Waals surface area contributed by atoms with Crippen LogP contribution in [0.2, 0.25) is 0 Å². The molecule has 1 aliphatic rings. The molecule has 25 heavy (non-hydrogen) atoms. The third kappa shape index (κ3) is 2.96. The van der Waals surface area contributed by atoms with Crippen molar-refractivity contribution in [2.24, 2.45) is 0 Å². The zero-order valence-corrected chi connectivity index (χ0v) is 14.3. The van der Waals surface area contributed by atoms with Crippen molar-refractivity contribution >= 4 is 34.4 Å². The number of phenolic OH excluding ortho intramolecular Hbond substituents is 2. The van der Waals surface area contributed by atoms with Crippen LogP contribution in [-0.4, -0.2) is 42.6 Å². The van der Waals surface area contributed by atoms with Crippen LogP contribution in [0.25, 0.3) is 11.2 Å². The lowest BCUT2D eigenvalue weighted by molar-refractivity contribution is 0.0592. The lowest BCUT2D eigenvalue weighted by Crippen LogP contribution is -2.07. The Hall–Kier alpha value is -2.52. The molecule has 130 valence electrons. The van der Waals surface area contributed by atoms with Gasteiger partial charge in [0, 0.05) is 12.7 Å². The Balaban J connectivity index is 1.79. The van der Waals surface area contributed by atoms with Crippen LogP contribution in [0.1, 0.15) is 19.1 Å². The summed E-state index contributed by atoms with van der Waals surface area (Å²) in [5, 5.41) is 23.1. The lowest BCUT2D eigenvalue weighted by atomic mass is 10.2. The minimum atomic E-state index is -0.0731. The third-order valence-corrected chi connectivity index (χ3v) is 4.58. The van der Waals surface area contributed by atoms with Crippen molar-refractivity contribution in [3.8, 4) is 11.5 Å². The largest absolute Gasteiger partial charge is 0.508 e. The van der Waals surface area contributed by atoms with Crippen molar-refractivity contribution in [1.82, 2.24) is 19.5 Å². The Morgan fingerprint density at radius 1 is 1.32 bits per heavy atom. The highest BCUT2D eigenvalue weighted by Gasteiger charge is 2.22. The van der Waals surface area contributed by atoms with Gasteiger partial charge in [0.2, 0.25) is 0 Å². The molecule has 0 saturated carbocycles. The maximum atomic E-state index is 10.0. The van der Waals surface area contributed by atoms with E-state index in [1.165, 1.54) is 23.9 Å². The second-order valence-corrected chi connectivity index (χ2v) is 6.45. The minimum absolute atomic E-state index is 0.0108. The quantitative estimate of drug-likeness (QED) is 0.283. The molecular formula is C16H17N5O3S. The molecule has 3 N–H and O–H groups in total. The first-order valence-corrected chi connectivity index (χ1v) is 9.07. The van der Waals surface area contributed by atoms with Gasteiger partial charge < -0.3 is 20.3 Å². The molecule has 9 heteroatoms. The molecular weight excluding hydrogens is 342 g/mol. The van der Waals surface area contributed by atoms with Gasteiger partial charge in [-0.25, -0.2) is 15.0 Å². The van der Waals surface area contributed by atoms with Crippen LogP contribution >= 0.6 is 11.8 Å². The fraction of sp³-hybridized carbons (Fsp3) is 0.312. The van der Waals surface area contributed by atoms with Crippen LogP contribution < -0.4 is 5.32 Å². The van der Waals surface area contributed by atoms with E-state index < -0.39 is 0 Å². The van der Waals surface area contributed by atoms with Crippen LogP contribution in [-0.2, 0) is 4.74 Å². The number of aromatic hydroxyl groups is 2. The van der Waals surface area contributed by atoms with Crippen LogP contribution in [0.15, 0.2) is 29.7 Å². The van der Waals surface area contributed by atoms with Crippen molar-refractivity contribution in [2.75, 3.05) is 18.2 Å². The molecule has 4 rings (SSSR count). The number of anilines is 2. The van der Waals surface area contributed by atoms with Gasteiger partial charge in [0.1, 0.15) is 17.7 Å². The molecule has 0 bridgehead atoms. The average Bonchev–Trinajstić information content (AvgIpc) is 3.26. The zero-order valence-electron chi connectivity index (χ0n) is 13.5. The Kier molecular flexibility index (Phi) is 4.10. The Morgan fingerprint density at radius 2 is 2.20 bits per heavy atom. The van der Waals surface area contributed by atoms with E-state index in [-0.39, 0.29) is 17.7 Å². The van der Waals surface area contributed by atoms with E-state index in [4.69, 9.17) is 4.74 Å². The zero-order chi connectivity index (χ0) is 17.4. The maximum absolute atomic E-state index is 10.0. The number of fused-ring (bicyclic) bond motifs is 1. The number of rotatable bonds is 4. The molecule has 3 heterocycles. The Bertz CT molecular complexity index is 924. The van der Waals surface area contributed by atoms with Crippen LogP contribution in [0, 0.1) is 0 Å². The second-order valence-electron chi connectivity index (χ2n) is 5.68. The van der Waals surface area contributed by atoms with Gasteiger partial charge >= 0.3 is 0 Å². The highest BCUT2D eigenvalue weighted by molar-refractivity contribution is 7.98. The number of thioether (sulfide) groups is 1. The van der Waals surface area contributed by atoms with Crippen LogP contribution in [0.3, 0.4) is 0 Å². The maximum Gasteiger partial charge on any atom is 0.191 e. The van der Waals surface area contributed by atoms with E-state index in [1.807, 2.05) is 10.8 Å². The summed E-state index contributed by atoms with van der Waals surface area (Å²) in [5.74, 6) is 0.409. The predicted octanol–water partition coefficient (Wildman–Crippen LogP) is 3.01. The SMILES string of the molecule is CSc1nc(Nc2ccc(O)cc2O)c2ncn(C3CCCO3)c2n1. The number of ether oxygens (including phenoxy) is 1. The minimum Gasteiger partial charge on any atom is -0.508 e. The molecule has 1 saturated heterocycles. The Labute approximate surface area is 147 Å². The summed E-state index contributed by atoms with van der Waals surface area (Å²) in [7, 11) is 0. The molecule has 1 fully saturated rings. The number of nitrogens with one attached hydrogen (secondary N) is 1. The summed E-state index contributed by atoms with van der Waals surface area (Å²) in [6.07, 6.45) is 5.48. The molecule has 0 radical (unpaired) electrons. The normalized spacial score (nSPS) is 17.2. The van der Waals surface area contributed by atoms with E-state index in [0.29, 0.717) is 27.8 Å². The highest BCUT2D eigenvalue weighted by atomic mass is 32.2. The highest BCUT2D eigenvalue weighted by Crippen LogP contribution is 2.33. The predicted molar refractivity (Wildman–Crippen MR) is 94.4 cm³/mol. The van der Waals surface area contributed by atoms with Gasteiger partial charge in [0.15, 0.2) is 22.1 Å². The van der Waals surface area contributed by atoms with Gasteiger partial charge in [0.25, 0.3) is 0 Å². The first-order valence-electron chi connectivity index (χ1n) is 7.85. The van der Waals surface area contributed by atoms with Crippen LogP contribution in [0.4, 0.5) is 11.5 Å². The smallest absolute Gasteiger partial charge is 0.191 e. The number of benzene rings is 1. The molecule has 2 aromatic heterocycles. The van der Waals surface area contributed by atoms with Gasteiger partial charge in [-0.2, -0.15) is 0 Å². The first kappa shape index (κ1) is 16.0. The summed E-state index contributed by atoms with van der Waals surface area (Å²) in [4.78, 5) is 13.5. The average molecular weight is 359 g/mol. The summed E-state index contributed by atoms with van der Waals surface area (Å²) >= 11 is 1.42. The standard InChI is InChI=1S/C16H17N5O3S/c1-25-16-19-14(18-10-5-4-9(22)7-11(10)23)13-15(20-16)21(8-17-13)12-3-2-6-24-12/h4-5,7-8,12,22-23H,2-3,6H2,1H3,(H,18,19,20). The summed E-state index contributed by atoms with van der Waals surface area (Å²) in [5.41, 5.74) is 1.71. The van der Waals surface area contributed by atoms with Crippen molar-refractivity contribution in [3.63, 3.8) is 0 Å². The van der Waals surface area contributed by atoms with Gasteiger partial charge in [-0.15, -0.1) is 0 Å². The number of phenols is 2. The molecule has 1 atom stereocenters. The number of hydrogen-bond donors (Lipinski definition) is 3. The van der Waals surface area contributed by atoms with E-state index in [1.54, 1.807) is 12.4 Å². The van der Waals surface area contributed by atoms with E-state index in [2.05, 4.69) is 20.3 Å². The topological polar surface area (TPSA) is 105 Å². The number of hydrogen-bond acceptors (Lipinski definition) is 8. The molecule has 1 aromatic carbocycles. The van der Waals surface area contributed by atoms with Gasteiger partial charge in [-0.05, 0) is 31.2 Å². The fourth-order valence-electron chi connectivity index (χ4n) is 2.82. The monoisotopic (exact) mass is 359 g/mol. The molecule has 0 amide bonds. The molecule has 1 unspecified atom stereocenters. The molecule has 8 nitrogen and oxygen atoms in total. The Morgan fingerprint density at radius 3 is 2.92 bits per heavy atom. The lowest BCUT2D eigenvalue weighted by Gasteiger charge is -2.13. The van der Waals surface area contributed by atoms with Crippen molar-refractivity contribution in [1.29, 1.82) is 0 Å². The first-order chi connectivity index (χ1) is 12.2. The molecule has 0 aliphatic carbocycles. The second kappa shape index (κ2) is 6.41. The fourth-order valence-corrected chi connectivity index (χ4v) is 3.18. The third-order valence-electron chi connectivity index (χ3n) is 4.03. The molecule has 1 aliphatic heterocycles. The van der Waals surface area contributed by atoms with Gasteiger partial charge in [-0.1, -0.05) is 11.8 Å². The summed E-state index contributed by atoms with van der Waals surface area (Å²) in [6.45, 7) is 0.733. The number of imidazole rings is 1. The van der Waals surface area contributed by atoms with Crippen molar-refractivity contribution < 1.29 is 14.9 Å². The van der Waals surface area contributed by atoms with Crippen LogP contribution in [0.5, 0.6) is 11.5 Å². The van der Waals surface area contributed by atoms with Gasteiger partial charge in [0.05, 0.1) is 12.0 Å². The summed E-state index contributed by atoms with van der Waals surface area (Å²) in [6, 6.07) is 4.33. The van der Waals surface area contributed by atoms with E-state index in [9.17, 15) is 10.2 Å².